The van der Waals surface area contributed by atoms with E-state index in [0.29, 0.717) is 11.5 Å². The van der Waals surface area contributed by atoms with E-state index in [9.17, 15) is 0 Å². The van der Waals surface area contributed by atoms with E-state index in [1.165, 1.54) is 17.9 Å². The lowest BCUT2D eigenvalue weighted by Gasteiger charge is -2.43. The highest BCUT2D eigenvalue weighted by Gasteiger charge is 2.40. The Labute approximate surface area is 142 Å². The molecular weight excluding hydrogens is 310 g/mol. The number of nitrogens with zero attached hydrogens (tertiary/aromatic N) is 3. The molecule has 0 aromatic carbocycles. The van der Waals surface area contributed by atoms with Crippen molar-refractivity contribution < 1.29 is 4.74 Å². The first-order valence-corrected chi connectivity index (χ1v) is 9.88. The van der Waals surface area contributed by atoms with Gasteiger partial charge in [-0.3, -0.25) is 4.90 Å². The Hall–Kier alpha value is -0.760. The second-order valence-electron chi connectivity index (χ2n) is 6.90. The molecule has 1 aromatic rings. The van der Waals surface area contributed by atoms with Crippen LogP contribution in [-0.2, 0) is 11.3 Å². The van der Waals surface area contributed by atoms with Gasteiger partial charge in [0, 0.05) is 62.5 Å². The predicted molar refractivity (Wildman–Crippen MR) is 94.1 cm³/mol. The molecule has 3 aliphatic heterocycles. The molecule has 0 unspecified atom stereocenters. The third-order valence-electron chi connectivity index (χ3n) is 5.37. The number of hydrogen-bond acceptors (Lipinski definition) is 6. The van der Waals surface area contributed by atoms with Crippen molar-refractivity contribution in [3.05, 3.63) is 12.3 Å². The normalized spacial score (nSPS) is 31.7. The van der Waals surface area contributed by atoms with E-state index in [1.54, 1.807) is 0 Å². The molecule has 0 aliphatic carbocycles. The first-order valence-electron chi connectivity index (χ1n) is 8.73. The summed E-state index contributed by atoms with van der Waals surface area (Å²) in [5.41, 5.74) is 0.341. The van der Waals surface area contributed by atoms with E-state index in [0.717, 1.165) is 58.3 Å². The second-order valence-corrected chi connectivity index (χ2v) is 8.01. The number of morpholine rings is 1. The van der Waals surface area contributed by atoms with Gasteiger partial charge in [0.25, 0.3) is 0 Å². The Bertz CT molecular complexity index is 510. The summed E-state index contributed by atoms with van der Waals surface area (Å²) in [5.74, 6) is 4.31. The van der Waals surface area contributed by atoms with E-state index in [1.807, 2.05) is 12.3 Å². The van der Waals surface area contributed by atoms with E-state index < -0.39 is 0 Å². The third-order valence-corrected chi connectivity index (χ3v) is 6.61. The van der Waals surface area contributed by atoms with E-state index >= 15 is 0 Å². The Kier molecular flexibility index (Phi) is 4.80. The van der Waals surface area contributed by atoms with Crippen molar-refractivity contribution >= 4 is 17.6 Å². The van der Waals surface area contributed by atoms with Crippen molar-refractivity contribution in [1.82, 2.24) is 20.0 Å². The molecule has 2 saturated heterocycles. The van der Waals surface area contributed by atoms with Gasteiger partial charge >= 0.3 is 0 Å². The zero-order chi connectivity index (χ0) is 15.5. The Morgan fingerprint density at radius 1 is 1.43 bits per heavy atom. The fourth-order valence-corrected chi connectivity index (χ4v) is 5.44. The minimum atomic E-state index is 0.341. The van der Waals surface area contributed by atoms with Crippen LogP contribution < -0.4 is 10.6 Å². The number of ether oxygens (including phenoxy) is 1. The van der Waals surface area contributed by atoms with Crippen LogP contribution >= 0.6 is 11.8 Å². The second kappa shape index (κ2) is 7.01. The van der Waals surface area contributed by atoms with E-state index in [2.05, 4.69) is 37.1 Å². The lowest BCUT2D eigenvalue weighted by atomic mass is 9.95. The fourth-order valence-electron chi connectivity index (χ4n) is 3.97. The van der Waals surface area contributed by atoms with Crippen molar-refractivity contribution in [1.29, 1.82) is 0 Å². The van der Waals surface area contributed by atoms with Crippen LogP contribution in [0.1, 0.15) is 6.42 Å². The largest absolute Gasteiger partial charge is 0.379 e. The van der Waals surface area contributed by atoms with Gasteiger partial charge in [0.15, 0.2) is 0 Å². The smallest absolute Gasteiger partial charge is 0.124 e. The SMILES string of the molecule is c1cc2n(n1)C[C@H](CNC[C@]1(N3CCOCC3)CCSC1)CN2. The zero-order valence-corrected chi connectivity index (χ0v) is 14.5. The van der Waals surface area contributed by atoms with E-state index in [4.69, 9.17) is 4.74 Å². The summed E-state index contributed by atoms with van der Waals surface area (Å²) in [6, 6.07) is 2.05. The van der Waals surface area contributed by atoms with Gasteiger partial charge in [-0.15, -0.1) is 0 Å². The van der Waals surface area contributed by atoms with Gasteiger partial charge in [-0.25, -0.2) is 4.68 Å². The molecule has 0 spiro atoms. The molecule has 4 rings (SSSR count). The summed E-state index contributed by atoms with van der Waals surface area (Å²) < 4.78 is 7.63. The van der Waals surface area contributed by atoms with Crippen molar-refractivity contribution in [2.45, 2.75) is 18.5 Å². The maximum Gasteiger partial charge on any atom is 0.124 e. The van der Waals surface area contributed by atoms with Gasteiger partial charge in [0.1, 0.15) is 5.82 Å². The molecule has 128 valence electrons. The topological polar surface area (TPSA) is 54.4 Å². The molecule has 2 atom stereocenters. The number of aromatic nitrogens is 2. The van der Waals surface area contributed by atoms with Gasteiger partial charge < -0.3 is 15.4 Å². The highest BCUT2D eigenvalue weighted by atomic mass is 32.2. The molecule has 0 radical (unpaired) electrons. The molecule has 2 fully saturated rings. The average molecular weight is 337 g/mol. The zero-order valence-electron chi connectivity index (χ0n) is 13.7. The minimum Gasteiger partial charge on any atom is -0.379 e. The standard InChI is InChI=1S/C16H27N5OS/c1-3-19-21-11-14(10-18-15(1)21)9-17-12-16(2-8-23-13-16)20-4-6-22-7-5-20/h1,3,14,17-18H,2,4-13H2/t14-,16-/m1/s1. The van der Waals surface area contributed by atoms with Gasteiger partial charge in [-0.2, -0.15) is 16.9 Å². The van der Waals surface area contributed by atoms with Crippen molar-refractivity contribution in [2.24, 2.45) is 5.92 Å². The van der Waals surface area contributed by atoms with Crippen LogP contribution in [0.25, 0.3) is 0 Å². The maximum absolute atomic E-state index is 5.54. The first kappa shape index (κ1) is 15.7. The lowest BCUT2D eigenvalue weighted by molar-refractivity contribution is -0.0135. The fraction of sp³-hybridized carbons (Fsp3) is 0.812. The molecule has 4 heterocycles. The minimum absolute atomic E-state index is 0.341. The van der Waals surface area contributed by atoms with Crippen LogP contribution in [0.2, 0.25) is 0 Å². The summed E-state index contributed by atoms with van der Waals surface area (Å²) in [4.78, 5) is 2.67. The van der Waals surface area contributed by atoms with Crippen LogP contribution in [0.15, 0.2) is 12.3 Å². The molecule has 0 amide bonds. The lowest BCUT2D eigenvalue weighted by Crippen LogP contribution is -2.59. The van der Waals surface area contributed by atoms with Crippen molar-refractivity contribution in [3.63, 3.8) is 0 Å². The molecule has 2 N–H and O–H groups in total. The summed E-state index contributed by atoms with van der Waals surface area (Å²) in [6.45, 7) is 8.17. The van der Waals surface area contributed by atoms with Gasteiger partial charge in [-0.05, 0) is 12.2 Å². The van der Waals surface area contributed by atoms with Crippen LogP contribution in [0.3, 0.4) is 0 Å². The Balaban J connectivity index is 1.30. The Morgan fingerprint density at radius 2 is 2.35 bits per heavy atom. The molecule has 0 bridgehead atoms. The van der Waals surface area contributed by atoms with Crippen LogP contribution in [-0.4, -0.2) is 77.7 Å². The van der Waals surface area contributed by atoms with Crippen molar-refractivity contribution in [2.75, 3.05) is 62.8 Å². The summed E-state index contributed by atoms with van der Waals surface area (Å²) in [5, 5.41) is 11.6. The molecule has 1 aromatic heterocycles. The van der Waals surface area contributed by atoms with Gasteiger partial charge in [0.05, 0.1) is 19.4 Å². The molecule has 3 aliphatic rings. The Morgan fingerprint density at radius 3 is 3.17 bits per heavy atom. The quantitative estimate of drug-likeness (QED) is 0.826. The van der Waals surface area contributed by atoms with Gasteiger partial charge in [0.2, 0.25) is 0 Å². The summed E-state index contributed by atoms with van der Waals surface area (Å²) in [7, 11) is 0. The molecule has 0 saturated carbocycles. The molecular formula is C16H27N5OS. The molecule has 7 heteroatoms. The highest BCUT2D eigenvalue weighted by molar-refractivity contribution is 7.99. The van der Waals surface area contributed by atoms with Crippen LogP contribution in [0.5, 0.6) is 0 Å². The van der Waals surface area contributed by atoms with Gasteiger partial charge in [-0.1, -0.05) is 0 Å². The monoisotopic (exact) mass is 337 g/mol. The highest BCUT2D eigenvalue weighted by Crippen LogP contribution is 2.33. The predicted octanol–water partition coefficient (Wildman–Crippen LogP) is 0.722. The number of nitrogens with one attached hydrogen (secondary N) is 2. The van der Waals surface area contributed by atoms with E-state index in [-0.39, 0.29) is 0 Å². The maximum atomic E-state index is 5.54. The number of thioether (sulfide) groups is 1. The molecule has 23 heavy (non-hydrogen) atoms. The average Bonchev–Trinajstić information content (AvgIpc) is 3.25. The van der Waals surface area contributed by atoms with Crippen LogP contribution in [0, 0.1) is 5.92 Å². The summed E-state index contributed by atoms with van der Waals surface area (Å²) >= 11 is 2.10. The third kappa shape index (κ3) is 3.38. The first-order chi connectivity index (χ1) is 11.4. The summed E-state index contributed by atoms with van der Waals surface area (Å²) in [6.07, 6.45) is 3.18. The number of fused-ring (bicyclic) bond motifs is 1. The number of hydrogen-bond donors (Lipinski definition) is 2. The number of rotatable bonds is 5. The molecule has 6 nitrogen and oxygen atoms in total. The number of anilines is 1. The van der Waals surface area contributed by atoms with Crippen molar-refractivity contribution in [3.8, 4) is 0 Å². The van der Waals surface area contributed by atoms with Crippen LogP contribution in [0.4, 0.5) is 5.82 Å².